The number of anilines is 1. The van der Waals surface area contributed by atoms with Crippen molar-refractivity contribution in [2.75, 3.05) is 18.0 Å². The van der Waals surface area contributed by atoms with Gasteiger partial charge in [-0.05, 0) is 35.4 Å². The summed E-state index contributed by atoms with van der Waals surface area (Å²) in [4.78, 5) is 49.8. The van der Waals surface area contributed by atoms with E-state index < -0.39 is 12.1 Å². The van der Waals surface area contributed by atoms with Crippen molar-refractivity contribution in [3.05, 3.63) is 64.8 Å². The first-order valence-corrected chi connectivity index (χ1v) is 10.5. The lowest BCUT2D eigenvalue weighted by Crippen LogP contribution is -2.45. The predicted octanol–water partition coefficient (Wildman–Crippen LogP) is 3.28. The second-order valence-corrected chi connectivity index (χ2v) is 8.12. The normalized spacial score (nSPS) is 20.7. The molecule has 0 saturated carbocycles. The Kier molecular flexibility index (Phi) is 4.90. The maximum absolute atomic E-state index is 13.6. The van der Waals surface area contributed by atoms with Gasteiger partial charge in [0.15, 0.2) is 5.65 Å². The molecule has 31 heavy (non-hydrogen) atoms. The first kappa shape index (κ1) is 19.6. The van der Waals surface area contributed by atoms with Crippen LogP contribution in [0.4, 0.5) is 5.82 Å². The number of halogens is 1. The van der Waals surface area contributed by atoms with E-state index in [0.29, 0.717) is 42.5 Å². The van der Waals surface area contributed by atoms with Gasteiger partial charge in [0.05, 0.1) is 0 Å². The largest absolute Gasteiger partial charge is 0.340 e. The fourth-order valence-corrected chi connectivity index (χ4v) is 4.56. The number of carbonyl (C=O) groups excluding carboxylic acids is 3. The summed E-state index contributed by atoms with van der Waals surface area (Å²) in [6, 6.07) is 13.3. The van der Waals surface area contributed by atoms with Gasteiger partial charge in [0.1, 0.15) is 35.1 Å². The molecule has 2 aromatic heterocycles. The summed E-state index contributed by atoms with van der Waals surface area (Å²) < 4.78 is 0. The van der Waals surface area contributed by atoms with Gasteiger partial charge in [-0.15, -0.1) is 0 Å². The summed E-state index contributed by atoms with van der Waals surface area (Å²) in [5, 5.41) is 1.13. The fourth-order valence-electron chi connectivity index (χ4n) is 4.41. The van der Waals surface area contributed by atoms with Crippen molar-refractivity contribution >= 4 is 46.4 Å². The third kappa shape index (κ3) is 3.35. The monoisotopic (exact) mass is 434 g/mol. The topological polar surface area (TPSA) is 83.5 Å². The zero-order valence-electron chi connectivity index (χ0n) is 16.6. The van der Waals surface area contributed by atoms with Crippen LogP contribution < -0.4 is 4.90 Å². The van der Waals surface area contributed by atoms with E-state index in [-0.39, 0.29) is 11.7 Å². The van der Waals surface area contributed by atoms with E-state index in [4.69, 9.17) is 11.6 Å². The highest BCUT2D eigenvalue weighted by molar-refractivity contribution is 6.29. The van der Waals surface area contributed by atoms with Gasteiger partial charge in [0.2, 0.25) is 5.91 Å². The Morgan fingerprint density at radius 3 is 2.45 bits per heavy atom. The number of piperidine rings is 1. The van der Waals surface area contributed by atoms with Crippen LogP contribution in [0.2, 0.25) is 5.15 Å². The number of benzene rings is 1. The highest BCUT2D eigenvalue weighted by Crippen LogP contribution is 2.44. The van der Waals surface area contributed by atoms with Crippen LogP contribution in [-0.2, 0) is 14.4 Å². The minimum atomic E-state index is -0.705. The highest BCUT2D eigenvalue weighted by Gasteiger charge is 2.44. The Morgan fingerprint density at radius 1 is 1.00 bits per heavy atom. The number of Topliss-reactive ketones (excluding diaryl/α,β-unsaturated/α-hetero) is 1. The Labute approximate surface area is 183 Å². The molecule has 5 rings (SSSR count). The molecule has 1 amide bonds. The van der Waals surface area contributed by atoms with Crippen molar-refractivity contribution in [2.45, 2.75) is 24.9 Å². The third-order valence-electron chi connectivity index (χ3n) is 5.95. The molecule has 1 aromatic carbocycles. The molecular formula is C23H19ClN4O3. The van der Waals surface area contributed by atoms with Crippen LogP contribution in [0.5, 0.6) is 0 Å². The second-order valence-electron chi connectivity index (χ2n) is 7.73. The summed E-state index contributed by atoms with van der Waals surface area (Å²) in [5.74, 6) is 0.505. The first-order valence-electron chi connectivity index (χ1n) is 10.1. The molecule has 0 radical (unpaired) electrons. The van der Waals surface area contributed by atoms with Gasteiger partial charge in [-0.2, -0.15) is 0 Å². The van der Waals surface area contributed by atoms with Gasteiger partial charge in [0, 0.05) is 31.3 Å². The van der Waals surface area contributed by atoms with E-state index in [9.17, 15) is 14.4 Å². The van der Waals surface area contributed by atoms with Gasteiger partial charge in [0.25, 0.3) is 0 Å². The summed E-state index contributed by atoms with van der Waals surface area (Å²) in [5.41, 5.74) is 2.01. The number of aldehydes is 1. The molecule has 2 aliphatic rings. The smallest absolute Gasteiger partial charge is 0.250 e. The molecule has 0 N–H and O–H groups in total. The van der Waals surface area contributed by atoms with E-state index in [1.54, 1.807) is 21.9 Å². The van der Waals surface area contributed by atoms with E-state index in [1.165, 1.54) is 0 Å². The van der Waals surface area contributed by atoms with Crippen LogP contribution in [0.15, 0.2) is 48.5 Å². The van der Waals surface area contributed by atoms with E-state index in [2.05, 4.69) is 9.97 Å². The van der Waals surface area contributed by atoms with Gasteiger partial charge >= 0.3 is 0 Å². The number of amides is 1. The van der Waals surface area contributed by atoms with Crippen LogP contribution >= 0.6 is 11.6 Å². The number of rotatable bonds is 3. The molecule has 156 valence electrons. The molecule has 1 fully saturated rings. The van der Waals surface area contributed by atoms with Crippen LogP contribution in [-0.4, -0.2) is 45.9 Å². The lowest BCUT2D eigenvalue weighted by atomic mass is 10.0. The van der Waals surface area contributed by atoms with Gasteiger partial charge < -0.3 is 14.6 Å². The molecule has 0 bridgehead atoms. The quantitative estimate of drug-likeness (QED) is 0.464. The first-order chi connectivity index (χ1) is 15.1. The summed E-state index contributed by atoms with van der Waals surface area (Å²) in [7, 11) is 0. The number of pyridine rings is 2. The lowest BCUT2D eigenvalue weighted by molar-refractivity contribution is -0.135. The zero-order valence-corrected chi connectivity index (χ0v) is 17.3. The molecular weight excluding hydrogens is 416 g/mol. The molecule has 0 aliphatic carbocycles. The summed E-state index contributed by atoms with van der Waals surface area (Å²) in [6.45, 7) is 0.774. The number of carbonyl (C=O) groups is 3. The average Bonchev–Trinajstić information content (AvgIpc) is 3.13. The minimum Gasteiger partial charge on any atom is -0.340 e. The molecule has 0 spiro atoms. The number of hydrogen-bond acceptors (Lipinski definition) is 6. The van der Waals surface area contributed by atoms with Gasteiger partial charge in [-0.25, -0.2) is 9.97 Å². The van der Waals surface area contributed by atoms with Gasteiger partial charge in [-0.3, -0.25) is 9.59 Å². The van der Waals surface area contributed by atoms with Crippen molar-refractivity contribution < 1.29 is 14.4 Å². The van der Waals surface area contributed by atoms with Crippen molar-refractivity contribution in [1.29, 1.82) is 0 Å². The maximum atomic E-state index is 13.6. The molecule has 7 nitrogen and oxygen atoms in total. The summed E-state index contributed by atoms with van der Waals surface area (Å²) >= 11 is 6.04. The Hall–Kier alpha value is -3.32. The number of ketones is 1. The molecule has 4 heterocycles. The lowest BCUT2D eigenvalue weighted by Gasteiger charge is -2.34. The maximum Gasteiger partial charge on any atom is 0.250 e. The Bertz CT molecular complexity index is 1200. The van der Waals surface area contributed by atoms with Crippen LogP contribution in [0.25, 0.3) is 11.0 Å². The van der Waals surface area contributed by atoms with E-state index in [1.807, 2.05) is 36.4 Å². The second kappa shape index (κ2) is 7.74. The molecule has 3 aromatic rings. The van der Waals surface area contributed by atoms with E-state index in [0.717, 1.165) is 22.8 Å². The number of fused-ring (bicyclic) bond motifs is 2. The van der Waals surface area contributed by atoms with Gasteiger partial charge in [-0.1, -0.05) is 35.9 Å². The number of nitrogens with zero attached hydrogens (tertiary/aromatic N) is 4. The Morgan fingerprint density at radius 2 is 1.71 bits per heavy atom. The van der Waals surface area contributed by atoms with E-state index >= 15 is 0 Å². The van der Waals surface area contributed by atoms with Crippen LogP contribution in [0, 0.1) is 0 Å². The zero-order chi connectivity index (χ0) is 21.5. The standard InChI is InChI=1S/C23H19ClN4O3/c24-19-7-5-14-6-8-20(26-22(14)25-19)28-18(13-29)16-3-1-2-4-17(16)21(28)23(31)27-11-9-15(30)10-12-27/h1-8,13,18,21H,9-12H2. The van der Waals surface area contributed by atoms with Crippen molar-refractivity contribution in [3.8, 4) is 0 Å². The molecule has 2 unspecified atom stereocenters. The number of aromatic nitrogens is 2. The molecule has 2 aliphatic heterocycles. The SMILES string of the molecule is O=CC1c2ccccc2C(C(=O)N2CCC(=O)CC2)N1c1ccc2ccc(Cl)nc2n1. The van der Waals surface area contributed by atoms with Crippen LogP contribution in [0.3, 0.4) is 0 Å². The highest BCUT2D eigenvalue weighted by atomic mass is 35.5. The molecule has 8 heteroatoms. The third-order valence-corrected chi connectivity index (χ3v) is 6.16. The molecule has 2 atom stereocenters. The predicted molar refractivity (Wildman–Crippen MR) is 116 cm³/mol. The minimum absolute atomic E-state index is 0.134. The number of likely N-dealkylation sites (tertiary alicyclic amines) is 1. The summed E-state index contributed by atoms with van der Waals surface area (Å²) in [6.07, 6.45) is 1.55. The number of hydrogen-bond donors (Lipinski definition) is 0. The Balaban J connectivity index is 1.62. The fraction of sp³-hybridized carbons (Fsp3) is 0.261. The van der Waals surface area contributed by atoms with Crippen molar-refractivity contribution in [2.24, 2.45) is 0 Å². The average molecular weight is 435 g/mol. The molecule has 1 saturated heterocycles. The van der Waals surface area contributed by atoms with Crippen LogP contribution in [0.1, 0.15) is 36.1 Å². The van der Waals surface area contributed by atoms with Crippen molar-refractivity contribution in [1.82, 2.24) is 14.9 Å². The van der Waals surface area contributed by atoms with Crippen molar-refractivity contribution in [3.63, 3.8) is 0 Å².